The van der Waals surface area contributed by atoms with E-state index in [0.717, 1.165) is 22.6 Å². The van der Waals surface area contributed by atoms with E-state index in [0.29, 0.717) is 22.4 Å². The van der Waals surface area contributed by atoms with Crippen LogP contribution in [-0.4, -0.2) is 17.3 Å². The minimum Gasteiger partial charge on any atom is -0.467 e. The summed E-state index contributed by atoms with van der Waals surface area (Å²) in [4.78, 5) is 12.8. The van der Waals surface area contributed by atoms with Crippen molar-refractivity contribution in [3.63, 3.8) is 0 Å². The lowest BCUT2D eigenvalue weighted by molar-refractivity contribution is -0.0182. The number of aromatic nitrogens is 1. The number of aryl methyl sites for hydroxylation is 2. The van der Waals surface area contributed by atoms with E-state index in [1.165, 1.54) is 12.1 Å². The van der Waals surface area contributed by atoms with Gasteiger partial charge in [0.05, 0.1) is 12.2 Å². The van der Waals surface area contributed by atoms with E-state index in [1.54, 1.807) is 0 Å². The number of hydrogen-bond acceptors (Lipinski definition) is 4. The Morgan fingerprint density at radius 1 is 1.17 bits per heavy atom. The molecule has 0 amide bonds. The van der Waals surface area contributed by atoms with E-state index in [4.69, 9.17) is 14.2 Å². The standard InChI is InChI=1S/C23H22FNO4/c1-14-5-4-6-20(7-14)25-15(2)8-21(16(25)3)23(26)28-12-18-10-19(24)9-17-11-27-13-29-22(17)18/h4-10H,11-13H2,1-3H3. The van der Waals surface area contributed by atoms with Gasteiger partial charge in [0, 0.05) is 28.2 Å². The van der Waals surface area contributed by atoms with Crippen molar-refractivity contribution >= 4 is 5.97 Å². The molecule has 5 nitrogen and oxygen atoms in total. The molecule has 29 heavy (non-hydrogen) atoms. The highest BCUT2D eigenvalue weighted by Gasteiger charge is 2.21. The number of benzene rings is 2. The molecule has 1 aliphatic rings. The summed E-state index contributed by atoms with van der Waals surface area (Å²) in [5.41, 5.74) is 5.45. The van der Waals surface area contributed by atoms with Gasteiger partial charge in [-0.05, 0) is 56.7 Å². The Bertz CT molecular complexity index is 1090. The average Bonchev–Trinajstić information content (AvgIpc) is 3.00. The molecule has 0 saturated heterocycles. The number of ether oxygens (including phenoxy) is 3. The van der Waals surface area contributed by atoms with Gasteiger partial charge < -0.3 is 18.8 Å². The van der Waals surface area contributed by atoms with Gasteiger partial charge in [0.15, 0.2) is 6.79 Å². The summed E-state index contributed by atoms with van der Waals surface area (Å²) < 4.78 is 32.1. The number of rotatable bonds is 4. The molecule has 0 unspecified atom stereocenters. The number of hydrogen-bond donors (Lipinski definition) is 0. The molecule has 1 aliphatic heterocycles. The SMILES string of the molecule is Cc1cccc(-n2c(C)cc(C(=O)OCc3cc(F)cc4c3OCOC4)c2C)c1. The Morgan fingerprint density at radius 3 is 2.79 bits per heavy atom. The van der Waals surface area contributed by atoms with E-state index >= 15 is 0 Å². The van der Waals surface area contributed by atoms with Crippen molar-refractivity contribution in [2.24, 2.45) is 0 Å². The summed E-state index contributed by atoms with van der Waals surface area (Å²) in [5, 5.41) is 0. The monoisotopic (exact) mass is 395 g/mol. The molecule has 4 rings (SSSR count). The van der Waals surface area contributed by atoms with E-state index in [1.807, 2.05) is 49.6 Å². The van der Waals surface area contributed by atoms with Gasteiger partial charge in [-0.15, -0.1) is 0 Å². The minimum atomic E-state index is -0.456. The summed E-state index contributed by atoms with van der Waals surface area (Å²) in [5.74, 6) is -0.348. The molecule has 6 heteroatoms. The van der Waals surface area contributed by atoms with Crippen LogP contribution in [0.1, 0.15) is 38.4 Å². The fourth-order valence-electron chi connectivity index (χ4n) is 3.72. The van der Waals surface area contributed by atoms with Crippen LogP contribution in [0.4, 0.5) is 4.39 Å². The number of carbonyl (C=O) groups excluding carboxylic acids is 1. The van der Waals surface area contributed by atoms with Crippen molar-refractivity contribution in [2.75, 3.05) is 6.79 Å². The Labute approximate surface area is 168 Å². The third kappa shape index (κ3) is 3.76. The van der Waals surface area contributed by atoms with Crippen LogP contribution in [0.2, 0.25) is 0 Å². The largest absolute Gasteiger partial charge is 0.467 e. The number of esters is 1. The number of fused-ring (bicyclic) bond motifs is 1. The molecule has 0 N–H and O–H groups in total. The maximum Gasteiger partial charge on any atom is 0.340 e. The number of carbonyl (C=O) groups is 1. The molecule has 0 fully saturated rings. The molecule has 0 spiro atoms. The Balaban J connectivity index is 1.58. The van der Waals surface area contributed by atoms with Gasteiger partial charge in [0.1, 0.15) is 18.2 Å². The highest BCUT2D eigenvalue weighted by Crippen LogP contribution is 2.30. The average molecular weight is 395 g/mol. The molecule has 0 radical (unpaired) electrons. The predicted octanol–water partition coefficient (Wildman–Crippen LogP) is 4.77. The van der Waals surface area contributed by atoms with Crippen LogP contribution in [0.5, 0.6) is 5.75 Å². The van der Waals surface area contributed by atoms with Crippen LogP contribution in [0.3, 0.4) is 0 Å². The summed E-state index contributed by atoms with van der Waals surface area (Å²) in [7, 11) is 0. The van der Waals surface area contributed by atoms with Crippen LogP contribution >= 0.6 is 0 Å². The molecule has 2 aromatic carbocycles. The topological polar surface area (TPSA) is 49.7 Å². The zero-order valence-electron chi connectivity index (χ0n) is 16.6. The third-order valence-electron chi connectivity index (χ3n) is 5.02. The second kappa shape index (κ2) is 7.72. The second-order valence-electron chi connectivity index (χ2n) is 7.20. The summed E-state index contributed by atoms with van der Waals surface area (Å²) in [6.45, 7) is 6.15. The maximum absolute atomic E-state index is 13.9. The third-order valence-corrected chi connectivity index (χ3v) is 5.02. The molecular formula is C23H22FNO4. The van der Waals surface area contributed by atoms with Gasteiger partial charge in [-0.25, -0.2) is 9.18 Å². The summed E-state index contributed by atoms with van der Waals surface area (Å²) >= 11 is 0. The van der Waals surface area contributed by atoms with E-state index in [2.05, 4.69) is 6.07 Å². The van der Waals surface area contributed by atoms with Crippen molar-refractivity contribution in [3.8, 4) is 11.4 Å². The highest BCUT2D eigenvalue weighted by atomic mass is 19.1. The van der Waals surface area contributed by atoms with Crippen LogP contribution in [0, 0.1) is 26.6 Å². The molecule has 2 heterocycles. The van der Waals surface area contributed by atoms with Crippen LogP contribution in [0.15, 0.2) is 42.5 Å². The second-order valence-corrected chi connectivity index (χ2v) is 7.20. The summed E-state index contributed by atoms with van der Waals surface area (Å²) in [6, 6.07) is 12.6. The minimum absolute atomic E-state index is 0.0763. The lowest BCUT2D eigenvalue weighted by Crippen LogP contribution is -2.15. The van der Waals surface area contributed by atoms with Gasteiger partial charge in [-0.1, -0.05) is 12.1 Å². The van der Waals surface area contributed by atoms with E-state index in [-0.39, 0.29) is 20.0 Å². The van der Waals surface area contributed by atoms with Crippen LogP contribution in [0.25, 0.3) is 5.69 Å². The summed E-state index contributed by atoms with van der Waals surface area (Å²) in [6.07, 6.45) is 0. The Kier molecular flexibility index (Phi) is 5.11. The normalized spacial score (nSPS) is 13.0. The Morgan fingerprint density at radius 2 is 2.00 bits per heavy atom. The predicted molar refractivity (Wildman–Crippen MR) is 106 cm³/mol. The molecule has 1 aromatic heterocycles. The first-order chi connectivity index (χ1) is 13.9. The van der Waals surface area contributed by atoms with Crippen molar-refractivity contribution < 1.29 is 23.4 Å². The molecular weight excluding hydrogens is 373 g/mol. The molecule has 0 aliphatic carbocycles. The van der Waals surface area contributed by atoms with Crippen molar-refractivity contribution in [2.45, 2.75) is 34.0 Å². The van der Waals surface area contributed by atoms with E-state index < -0.39 is 11.8 Å². The molecule has 150 valence electrons. The highest BCUT2D eigenvalue weighted by molar-refractivity contribution is 5.91. The van der Waals surface area contributed by atoms with Crippen LogP contribution in [-0.2, 0) is 22.7 Å². The molecule has 0 saturated carbocycles. The van der Waals surface area contributed by atoms with Gasteiger partial charge in [0.25, 0.3) is 0 Å². The number of halogens is 1. The van der Waals surface area contributed by atoms with Crippen LogP contribution < -0.4 is 4.74 Å². The lowest BCUT2D eigenvalue weighted by atomic mass is 10.1. The quantitative estimate of drug-likeness (QED) is 0.598. The zero-order chi connectivity index (χ0) is 20.5. The molecule has 0 atom stereocenters. The van der Waals surface area contributed by atoms with E-state index in [9.17, 15) is 9.18 Å². The van der Waals surface area contributed by atoms with Crippen molar-refractivity contribution in [1.29, 1.82) is 0 Å². The molecule has 3 aromatic rings. The fraction of sp³-hybridized carbons (Fsp3) is 0.261. The Hall–Kier alpha value is -3.12. The van der Waals surface area contributed by atoms with Gasteiger partial charge in [0.2, 0.25) is 0 Å². The van der Waals surface area contributed by atoms with Gasteiger partial charge >= 0.3 is 5.97 Å². The van der Waals surface area contributed by atoms with Gasteiger partial charge in [-0.2, -0.15) is 0 Å². The first-order valence-electron chi connectivity index (χ1n) is 9.39. The first kappa shape index (κ1) is 19.2. The first-order valence-corrected chi connectivity index (χ1v) is 9.39. The van der Waals surface area contributed by atoms with Crippen molar-refractivity contribution in [3.05, 3.63) is 81.9 Å². The fourth-order valence-corrected chi connectivity index (χ4v) is 3.72. The van der Waals surface area contributed by atoms with Crippen molar-refractivity contribution in [1.82, 2.24) is 4.57 Å². The lowest BCUT2D eigenvalue weighted by Gasteiger charge is -2.20. The molecule has 0 bridgehead atoms. The zero-order valence-corrected chi connectivity index (χ0v) is 16.6. The number of nitrogens with zero attached hydrogens (tertiary/aromatic N) is 1. The van der Waals surface area contributed by atoms with Gasteiger partial charge in [-0.3, -0.25) is 0 Å². The smallest absolute Gasteiger partial charge is 0.340 e. The maximum atomic E-state index is 13.9.